The lowest BCUT2D eigenvalue weighted by Gasteiger charge is -2.09. The Morgan fingerprint density at radius 2 is 1.94 bits per heavy atom. The van der Waals surface area contributed by atoms with Crippen LogP contribution in [0.5, 0.6) is 0 Å². The minimum absolute atomic E-state index is 0.00570. The van der Waals surface area contributed by atoms with Crippen LogP contribution in [0.3, 0.4) is 0 Å². The van der Waals surface area contributed by atoms with Gasteiger partial charge < -0.3 is 16.2 Å². The molecule has 1 unspecified atom stereocenters. The number of amides is 1. The average Bonchev–Trinajstić information content (AvgIpc) is 2.11. The molecule has 0 bridgehead atoms. The van der Waals surface area contributed by atoms with Crippen molar-refractivity contribution in [1.29, 1.82) is 0 Å². The molecule has 16 heavy (non-hydrogen) atoms. The third-order valence-corrected chi connectivity index (χ3v) is 2.98. The molecule has 5 N–H and O–H groups in total. The largest absolute Gasteiger partial charge is 0.480 e. The van der Waals surface area contributed by atoms with Crippen LogP contribution in [-0.2, 0) is 19.6 Å². The summed E-state index contributed by atoms with van der Waals surface area (Å²) in [5.41, 5.74) is 5.07. The van der Waals surface area contributed by atoms with Crippen molar-refractivity contribution in [2.75, 3.05) is 18.8 Å². The van der Waals surface area contributed by atoms with Crippen LogP contribution >= 0.6 is 0 Å². The fourth-order valence-corrected chi connectivity index (χ4v) is 1.96. The van der Waals surface area contributed by atoms with E-state index in [1.165, 1.54) is 6.92 Å². The number of aliphatic carboxylic acids is 1. The number of nitrogens with one attached hydrogen (secondary N) is 2. The van der Waals surface area contributed by atoms with Crippen LogP contribution in [0.25, 0.3) is 0 Å². The standard InChI is InChI=1S/C7H15N3O5S/c1-5(11)9-2-3-10-16(14,15)4-6(8)7(12)13/h6,10H,2-4,8H2,1H3,(H,9,11)(H,12,13). The molecule has 0 heterocycles. The van der Waals surface area contributed by atoms with E-state index in [4.69, 9.17) is 10.8 Å². The Morgan fingerprint density at radius 1 is 1.38 bits per heavy atom. The number of hydrogen-bond donors (Lipinski definition) is 4. The molecule has 94 valence electrons. The predicted molar refractivity (Wildman–Crippen MR) is 56.1 cm³/mol. The van der Waals surface area contributed by atoms with Gasteiger partial charge in [-0.2, -0.15) is 0 Å². The molecule has 0 rings (SSSR count). The summed E-state index contributed by atoms with van der Waals surface area (Å²) in [4.78, 5) is 20.8. The van der Waals surface area contributed by atoms with Gasteiger partial charge in [0.05, 0.1) is 5.75 Å². The highest BCUT2D eigenvalue weighted by atomic mass is 32.2. The van der Waals surface area contributed by atoms with E-state index in [9.17, 15) is 18.0 Å². The summed E-state index contributed by atoms with van der Waals surface area (Å²) in [5, 5.41) is 10.8. The van der Waals surface area contributed by atoms with E-state index in [0.29, 0.717) is 0 Å². The Kier molecular flexibility index (Phi) is 5.93. The summed E-state index contributed by atoms with van der Waals surface area (Å²) in [6.45, 7) is 1.43. The van der Waals surface area contributed by atoms with Gasteiger partial charge in [0.15, 0.2) is 0 Å². The van der Waals surface area contributed by atoms with E-state index >= 15 is 0 Å². The summed E-state index contributed by atoms with van der Waals surface area (Å²) in [5.74, 6) is -2.35. The van der Waals surface area contributed by atoms with Crippen molar-refractivity contribution >= 4 is 21.9 Å². The second-order valence-corrected chi connectivity index (χ2v) is 4.95. The molecule has 0 aromatic carbocycles. The van der Waals surface area contributed by atoms with E-state index in [1.54, 1.807) is 0 Å². The molecular formula is C7H15N3O5S. The Labute approximate surface area is 93.2 Å². The minimum Gasteiger partial charge on any atom is -0.480 e. The molecule has 0 aliphatic heterocycles. The quantitative estimate of drug-likeness (QED) is 0.368. The zero-order valence-electron chi connectivity index (χ0n) is 8.76. The van der Waals surface area contributed by atoms with Gasteiger partial charge in [-0.15, -0.1) is 0 Å². The first-order valence-electron chi connectivity index (χ1n) is 4.45. The van der Waals surface area contributed by atoms with Crippen LogP contribution in [-0.4, -0.2) is 50.3 Å². The highest BCUT2D eigenvalue weighted by Crippen LogP contribution is 1.88. The van der Waals surface area contributed by atoms with Crippen LogP contribution in [0, 0.1) is 0 Å². The van der Waals surface area contributed by atoms with Gasteiger partial charge >= 0.3 is 5.97 Å². The first kappa shape index (κ1) is 14.8. The van der Waals surface area contributed by atoms with Crippen LogP contribution < -0.4 is 15.8 Å². The molecule has 1 atom stereocenters. The third-order valence-electron chi connectivity index (χ3n) is 1.54. The van der Waals surface area contributed by atoms with Crippen LogP contribution in [0.15, 0.2) is 0 Å². The Bertz CT molecular complexity index is 353. The molecule has 0 aromatic heterocycles. The maximum absolute atomic E-state index is 11.2. The second kappa shape index (κ2) is 6.40. The molecule has 9 heteroatoms. The number of rotatable bonds is 7. The highest BCUT2D eigenvalue weighted by molar-refractivity contribution is 7.89. The molecule has 0 aromatic rings. The van der Waals surface area contributed by atoms with Gasteiger partial charge in [-0.1, -0.05) is 0 Å². The Balaban J connectivity index is 3.97. The van der Waals surface area contributed by atoms with Crippen molar-refractivity contribution in [1.82, 2.24) is 10.0 Å². The predicted octanol–water partition coefficient (Wildman–Crippen LogP) is -2.55. The van der Waals surface area contributed by atoms with Crippen molar-refractivity contribution in [2.45, 2.75) is 13.0 Å². The normalized spacial score (nSPS) is 13.1. The van der Waals surface area contributed by atoms with Gasteiger partial charge in [-0.25, -0.2) is 13.1 Å². The van der Waals surface area contributed by atoms with E-state index in [-0.39, 0.29) is 19.0 Å². The number of nitrogens with two attached hydrogens (primary N) is 1. The molecule has 1 amide bonds. The van der Waals surface area contributed by atoms with E-state index < -0.39 is 27.8 Å². The molecule has 0 radical (unpaired) electrons. The van der Waals surface area contributed by atoms with Crippen molar-refractivity contribution in [3.63, 3.8) is 0 Å². The average molecular weight is 253 g/mol. The molecule has 0 saturated heterocycles. The molecule has 0 aliphatic rings. The van der Waals surface area contributed by atoms with Gasteiger partial charge in [0.2, 0.25) is 15.9 Å². The number of hydrogen-bond acceptors (Lipinski definition) is 5. The van der Waals surface area contributed by atoms with E-state index in [1.807, 2.05) is 0 Å². The summed E-state index contributed by atoms with van der Waals surface area (Å²) < 4.78 is 24.6. The summed E-state index contributed by atoms with van der Waals surface area (Å²) in [7, 11) is -3.73. The van der Waals surface area contributed by atoms with Crippen LogP contribution in [0.1, 0.15) is 6.92 Å². The van der Waals surface area contributed by atoms with Gasteiger partial charge in [0.1, 0.15) is 6.04 Å². The van der Waals surface area contributed by atoms with Crippen LogP contribution in [0.2, 0.25) is 0 Å². The lowest BCUT2D eigenvalue weighted by Crippen LogP contribution is -2.43. The number of sulfonamides is 1. The van der Waals surface area contributed by atoms with Gasteiger partial charge in [0, 0.05) is 20.0 Å². The molecule has 0 spiro atoms. The van der Waals surface area contributed by atoms with Gasteiger partial charge in [-0.3, -0.25) is 9.59 Å². The van der Waals surface area contributed by atoms with Crippen molar-refractivity contribution in [2.24, 2.45) is 5.73 Å². The fourth-order valence-electron chi connectivity index (χ4n) is 0.812. The molecule has 0 saturated carbocycles. The van der Waals surface area contributed by atoms with Crippen molar-refractivity contribution in [3.8, 4) is 0 Å². The smallest absolute Gasteiger partial charge is 0.321 e. The van der Waals surface area contributed by atoms with Gasteiger partial charge in [-0.05, 0) is 0 Å². The Hall–Kier alpha value is -1.19. The highest BCUT2D eigenvalue weighted by Gasteiger charge is 2.20. The lowest BCUT2D eigenvalue weighted by atomic mass is 10.4. The third kappa shape index (κ3) is 7.15. The summed E-state index contributed by atoms with van der Waals surface area (Å²) in [6.07, 6.45) is 0. The SMILES string of the molecule is CC(=O)NCCNS(=O)(=O)CC(N)C(=O)O. The zero-order valence-corrected chi connectivity index (χ0v) is 9.58. The zero-order chi connectivity index (χ0) is 12.8. The minimum atomic E-state index is -3.73. The number of carboxylic acid groups (broad SMARTS) is 1. The fraction of sp³-hybridized carbons (Fsp3) is 0.714. The lowest BCUT2D eigenvalue weighted by molar-refractivity contribution is -0.138. The van der Waals surface area contributed by atoms with E-state index in [2.05, 4.69) is 10.0 Å². The number of carbonyl (C=O) groups excluding carboxylic acids is 1. The summed E-state index contributed by atoms with van der Waals surface area (Å²) in [6, 6.07) is -1.46. The first-order valence-corrected chi connectivity index (χ1v) is 6.10. The second-order valence-electron chi connectivity index (χ2n) is 3.10. The monoisotopic (exact) mass is 253 g/mol. The summed E-state index contributed by atoms with van der Waals surface area (Å²) >= 11 is 0. The van der Waals surface area contributed by atoms with E-state index in [0.717, 1.165) is 0 Å². The topological polar surface area (TPSA) is 139 Å². The van der Waals surface area contributed by atoms with Gasteiger partial charge in [0.25, 0.3) is 0 Å². The van der Waals surface area contributed by atoms with Crippen molar-refractivity contribution in [3.05, 3.63) is 0 Å². The Morgan fingerprint density at radius 3 is 2.38 bits per heavy atom. The molecule has 8 nitrogen and oxygen atoms in total. The number of carbonyl (C=O) groups is 2. The number of carboxylic acids is 1. The first-order chi connectivity index (χ1) is 7.24. The van der Waals surface area contributed by atoms with Crippen LogP contribution in [0.4, 0.5) is 0 Å². The van der Waals surface area contributed by atoms with Crippen molar-refractivity contribution < 1.29 is 23.1 Å². The maximum atomic E-state index is 11.2. The molecular weight excluding hydrogens is 238 g/mol. The molecule has 0 aliphatic carbocycles. The molecule has 0 fully saturated rings. The maximum Gasteiger partial charge on any atom is 0.321 e.